The zero-order chi connectivity index (χ0) is 11.1. The van der Waals surface area contributed by atoms with E-state index in [0.717, 1.165) is 25.3 Å². The van der Waals surface area contributed by atoms with Crippen LogP contribution in [0.5, 0.6) is 0 Å². The van der Waals surface area contributed by atoms with Crippen molar-refractivity contribution in [2.24, 2.45) is 11.0 Å². The summed E-state index contributed by atoms with van der Waals surface area (Å²) in [6.45, 7) is 5.13. The van der Waals surface area contributed by atoms with Crippen molar-refractivity contribution in [3.63, 3.8) is 0 Å². The second kappa shape index (κ2) is 6.77. The van der Waals surface area contributed by atoms with Crippen molar-refractivity contribution in [1.29, 1.82) is 0 Å². The van der Waals surface area contributed by atoms with Gasteiger partial charge in [0.25, 0.3) is 0 Å². The number of thiocarbonyl (C=S) groups is 1. The topological polar surface area (TPSA) is 36.4 Å². The van der Waals surface area contributed by atoms with E-state index in [-0.39, 0.29) is 0 Å². The number of nitrogens with one attached hydrogen (secondary N) is 2. The molecule has 0 spiro atoms. The molecular formula is C11H21N3S. The Labute approximate surface area is 97.7 Å². The quantitative estimate of drug-likeness (QED) is 0.574. The first kappa shape index (κ1) is 12.4. The number of rotatable bonds is 3. The first-order valence-corrected chi connectivity index (χ1v) is 6.26. The molecule has 0 aromatic heterocycles. The molecule has 1 fully saturated rings. The van der Waals surface area contributed by atoms with Crippen molar-refractivity contribution in [2.45, 2.75) is 46.0 Å². The van der Waals surface area contributed by atoms with Gasteiger partial charge in [0, 0.05) is 12.3 Å². The molecule has 1 aliphatic rings. The Bertz CT molecular complexity index is 228. The molecule has 0 aromatic carbocycles. The summed E-state index contributed by atoms with van der Waals surface area (Å²) >= 11 is 5.04. The van der Waals surface area contributed by atoms with Crippen LogP contribution in [0.3, 0.4) is 0 Å². The van der Waals surface area contributed by atoms with Gasteiger partial charge >= 0.3 is 0 Å². The molecule has 0 bridgehead atoms. The molecule has 1 saturated carbocycles. The van der Waals surface area contributed by atoms with E-state index in [1.807, 2.05) is 6.92 Å². The molecule has 3 nitrogen and oxygen atoms in total. The van der Waals surface area contributed by atoms with Gasteiger partial charge in [0.2, 0.25) is 0 Å². The highest BCUT2D eigenvalue weighted by Crippen LogP contribution is 2.24. The molecule has 0 saturated heterocycles. The van der Waals surface area contributed by atoms with Crippen molar-refractivity contribution in [3.05, 3.63) is 0 Å². The number of hydrazone groups is 1. The summed E-state index contributed by atoms with van der Waals surface area (Å²) in [5.41, 5.74) is 4.16. The number of hydrogen-bond donors (Lipinski definition) is 2. The summed E-state index contributed by atoms with van der Waals surface area (Å²) in [4.78, 5) is 0. The molecule has 0 radical (unpaired) electrons. The Balaban J connectivity index is 2.27. The monoisotopic (exact) mass is 227 g/mol. The maximum Gasteiger partial charge on any atom is 0.186 e. The average Bonchev–Trinajstić information content (AvgIpc) is 2.27. The fourth-order valence-electron chi connectivity index (χ4n) is 1.86. The molecule has 86 valence electrons. The molecule has 0 aliphatic heterocycles. The van der Waals surface area contributed by atoms with E-state index in [9.17, 15) is 0 Å². The molecule has 1 rings (SSSR count). The zero-order valence-corrected chi connectivity index (χ0v) is 10.5. The number of hydrogen-bond acceptors (Lipinski definition) is 2. The highest BCUT2D eigenvalue weighted by atomic mass is 32.1. The summed E-state index contributed by atoms with van der Waals surface area (Å²) in [5.74, 6) is 0.907. The summed E-state index contributed by atoms with van der Waals surface area (Å²) in [5, 5.41) is 7.98. The van der Waals surface area contributed by atoms with Crippen LogP contribution in [0.15, 0.2) is 5.10 Å². The van der Waals surface area contributed by atoms with E-state index < -0.39 is 0 Å². The normalized spacial score (nSPS) is 20.9. The van der Waals surface area contributed by atoms with Crippen molar-refractivity contribution < 1.29 is 0 Å². The summed E-state index contributed by atoms with van der Waals surface area (Å²) in [7, 11) is 0. The molecule has 15 heavy (non-hydrogen) atoms. The second-order valence-corrected chi connectivity index (χ2v) is 4.41. The summed E-state index contributed by atoms with van der Waals surface area (Å²) in [6.07, 6.45) is 6.12. The van der Waals surface area contributed by atoms with E-state index in [1.54, 1.807) is 0 Å². The van der Waals surface area contributed by atoms with Gasteiger partial charge in [-0.05, 0) is 50.7 Å². The third kappa shape index (κ3) is 4.60. The van der Waals surface area contributed by atoms with Gasteiger partial charge in [-0.3, -0.25) is 5.43 Å². The van der Waals surface area contributed by atoms with Crippen LogP contribution in [-0.2, 0) is 0 Å². The molecule has 4 heteroatoms. The predicted octanol–water partition coefficient (Wildman–Crippen LogP) is 2.43. The molecule has 0 atom stereocenters. The van der Waals surface area contributed by atoms with Crippen molar-refractivity contribution in [1.82, 2.24) is 10.7 Å². The highest BCUT2D eigenvalue weighted by molar-refractivity contribution is 7.80. The molecule has 0 unspecified atom stereocenters. The van der Waals surface area contributed by atoms with Crippen LogP contribution in [0.4, 0.5) is 0 Å². The standard InChI is InChI=1S/C11H21N3S/c1-3-9-5-7-10(8-6-9)13-14-11(15)12-4-2/h9H,3-8H2,1-2H3,(H2,12,14,15). The van der Waals surface area contributed by atoms with Gasteiger partial charge in [0.1, 0.15) is 0 Å². The molecule has 0 amide bonds. The van der Waals surface area contributed by atoms with Crippen molar-refractivity contribution >= 4 is 23.0 Å². The third-order valence-electron chi connectivity index (χ3n) is 2.91. The zero-order valence-electron chi connectivity index (χ0n) is 9.68. The molecule has 2 N–H and O–H groups in total. The lowest BCUT2D eigenvalue weighted by molar-refractivity contribution is 0.428. The van der Waals surface area contributed by atoms with Gasteiger partial charge in [0.15, 0.2) is 5.11 Å². The maximum absolute atomic E-state index is 5.04. The van der Waals surface area contributed by atoms with Gasteiger partial charge < -0.3 is 5.32 Å². The Morgan fingerprint density at radius 3 is 2.60 bits per heavy atom. The molecule has 0 aromatic rings. The van der Waals surface area contributed by atoms with E-state index in [1.165, 1.54) is 25.0 Å². The molecule has 1 aliphatic carbocycles. The van der Waals surface area contributed by atoms with Crippen LogP contribution in [-0.4, -0.2) is 17.4 Å². The van der Waals surface area contributed by atoms with Gasteiger partial charge in [-0.1, -0.05) is 13.3 Å². The van der Waals surface area contributed by atoms with Crippen LogP contribution in [0.2, 0.25) is 0 Å². The summed E-state index contributed by atoms with van der Waals surface area (Å²) < 4.78 is 0. The first-order chi connectivity index (χ1) is 7.26. The minimum Gasteiger partial charge on any atom is -0.362 e. The lowest BCUT2D eigenvalue weighted by Gasteiger charge is -2.21. The Morgan fingerprint density at radius 2 is 2.07 bits per heavy atom. The van der Waals surface area contributed by atoms with Crippen LogP contribution in [0, 0.1) is 5.92 Å². The Morgan fingerprint density at radius 1 is 1.40 bits per heavy atom. The fourth-order valence-corrected chi connectivity index (χ4v) is 2.05. The second-order valence-electron chi connectivity index (χ2n) is 4.00. The van der Waals surface area contributed by atoms with Crippen LogP contribution >= 0.6 is 12.2 Å². The smallest absolute Gasteiger partial charge is 0.186 e. The van der Waals surface area contributed by atoms with Crippen molar-refractivity contribution in [3.8, 4) is 0 Å². The van der Waals surface area contributed by atoms with E-state index in [2.05, 4.69) is 22.8 Å². The minimum atomic E-state index is 0.627. The van der Waals surface area contributed by atoms with E-state index in [4.69, 9.17) is 12.2 Å². The lowest BCUT2D eigenvalue weighted by atomic mass is 9.86. The molecular weight excluding hydrogens is 206 g/mol. The number of nitrogens with zero attached hydrogens (tertiary/aromatic N) is 1. The summed E-state index contributed by atoms with van der Waals surface area (Å²) in [6, 6.07) is 0. The minimum absolute atomic E-state index is 0.627. The van der Waals surface area contributed by atoms with Crippen molar-refractivity contribution in [2.75, 3.05) is 6.54 Å². The Kier molecular flexibility index (Phi) is 5.61. The van der Waals surface area contributed by atoms with Gasteiger partial charge in [-0.2, -0.15) is 5.10 Å². The average molecular weight is 227 g/mol. The fraction of sp³-hybridized carbons (Fsp3) is 0.818. The lowest BCUT2D eigenvalue weighted by Crippen LogP contribution is -2.32. The third-order valence-corrected chi connectivity index (χ3v) is 3.15. The largest absolute Gasteiger partial charge is 0.362 e. The first-order valence-electron chi connectivity index (χ1n) is 5.85. The van der Waals surface area contributed by atoms with Gasteiger partial charge in [-0.25, -0.2) is 0 Å². The van der Waals surface area contributed by atoms with Crippen LogP contribution in [0.25, 0.3) is 0 Å². The molecule has 0 heterocycles. The van der Waals surface area contributed by atoms with E-state index in [0.29, 0.717) is 5.11 Å². The maximum atomic E-state index is 5.04. The predicted molar refractivity (Wildman–Crippen MR) is 69.1 cm³/mol. The SMILES string of the molecule is CCNC(=S)NN=C1CCC(CC)CC1. The van der Waals surface area contributed by atoms with Gasteiger partial charge in [-0.15, -0.1) is 0 Å². The van der Waals surface area contributed by atoms with Crippen LogP contribution in [0.1, 0.15) is 46.0 Å². The van der Waals surface area contributed by atoms with Crippen LogP contribution < -0.4 is 10.7 Å². The van der Waals surface area contributed by atoms with E-state index >= 15 is 0 Å². The van der Waals surface area contributed by atoms with Gasteiger partial charge in [0.05, 0.1) is 0 Å². The highest BCUT2D eigenvalue weighted by Gasteiger charge is 2.15. The Hall–Kier alpha value is -0.640.